The van der Waals surface area contributed by atoms with Gasteiger partial charge in [0.25, 0.3) is 0 Å². The molecule has 0 heterocycles. The van der Waals surface area contributed by atoms with Crippen molar-refractivity contribution >= 4 is 33.8 Å². The maximum atomic E-state index is 5.05. The molecule has 0 spiro atoms. The van der Waals surface area contributed by atoms with Gasteiger partial charge in [0.15, 0.2) is 0 Å². The number of benzene rings is 2. The Morgan fingerprint density at radius 3 is 1.25 bits per heavy atom. The summed E-state index contributed by atoms with van der Waals surface area (Å²) in [7, 11) is -1.29. The summed E-state index contributed by atoms with van der Waals surface area (Å²) in [5.74, 6) is 0. The minimum atomic E-state index is -1.60. The summed E-state index contributed by atoms with van der Waals surface area (Å²) in [5.41, 5.74) is 0.734. The van der Waals surface area contributed by atoms with Crippen molar-refractivity contribution in [3.63, 3.8) is 0 Å². The molecule has 177 valence electrons. The fourth-order valence-electron chi connectivity index (χ4n) is 3.55. The summed E-state index contributed by atoms with van der Waals surface area (Å²) in [5, 5.41) is 2.89. The second kappa shape index (κ2) is 16.2. The van der Waals surface area contributed by atoms with Crippen LogP contribution in [0.3, 0.4) is 0 Å². The molecule has 2 aromatic carbocycles. The zero-order valence-electron chi connectivity index (χ0n) is 22.0. The number of hydrogen-bond donors (Lipinski definition) is 0. The van der Waals surface area contributed by atoms with Gasteiger partial charge in [0.1, 0.15) is 0 Å². The Morgan fingerprint density at radius 1 is 0.719 bits per heavy atom. The van der Waals surface area contributed by atoms with Crippen molar-refractivity contribution in [3.05, 3.63) is 81.2 Å². The Bertz CT molecular complexity index is 707. The van der Waals surface area contributed by atoms with Gasteiger partial charge in [-0.1, -0.05) is 113 Å². The molecule has 32 heavy (non-hydrogen) atoms. The predicted molar refractivity (Wildman–Crippen MR) is 153 cm³/mol. The van der Waals surface area contributed by atoms with E-state index in [-0.39, 0.29) is 48.3 Å². The molecule has 3 rings (SSSR count). The normalized spacial score (nSPS) is 13.9. The molecule has 0 saturated heterocycles. The van der Waals surface area contributed by atoms with Crippen molar-refractivity contribution in [2.45, 2.75) is 70.6 Å². The summed E-state index contributed by atoms with van der Waals surface area (Å²) in [6.07, 6.45) is 5.38. The van der Waals surface area contributed by atoms with Gasteiger partial charge in [-0.25, -0.2) is 0 Å². The van der Waals surface area contributed by atoms with Crippen LogP contribution in [-0.2, 0) is 0 Å². The molecule has 0 bridgehead atoms. The second-order valence-corrected chi connectivity index (χ2v) is 24.4. The summed E-state index contributed by atoms with van der Waals surface area (Å²) >= 11 is 0. The van der Waals surface area contributed by atoms with Crippen molar-refractivity contribution in [3.8, 4) is 0 Å². The predicted octanol–water partition coefficient (Wildman–Crippen LogP) is 8.26. The van der Waals surface area contributed by atoms with E-state index in [1.54, 1.807) is 0 Å². The molecule has 0 atom stereocenters. The van der Waals surface area contributed by atoms with E-state index in [2.05, 4.69) is 113 Å². The Labute approximate surface area is 236 Å². The summed E-state index contributed by atoms with van der Waals surface area (Å²) in [6, 6.07) is 22.0. The minimum absolute atomic E-state index is 0. The van der Waals surface area contributed by atoms with Gasteiger partial charge in [0.2, 0.25) is 0 Å². The van der Waals surface area contributed by atoms with E-state index in [1.807, 2.05) is 7.05 Å². The SMILES string of the molecule is CN=P(c1ccccc1)(c1ccccc1)C1CCCC1.[CH2-][Si](C)(C)C.[CH2-][Si](C)(C)C.[CH3-].[Nd+3]. The van der Waals surface area contributed by atoms with Crippen LogP contribution >= 0.6 is 7.05 Å². The topological polar surface area (TPSA) is 12.4 Å². The molecule has 1 nitrogen and oxygen atoms in total. The van der Waals surface area contributed by atoms with Gasteiger partial charge in [-0.3, -0.25) is 4.74 Å². The van der Waals surface area contributed by atoms with E-state index in [0.717, 1.165) is 5.66 Å². The fourth-order valence-corrected chi connectivity index (χ4v) is 7.85. The van der Waals surface area contributed by atoms with Crippen LogP contribution in [0, 0.1) is 61.4 Å². The minimum Gasteiger partial charge on any atom is -0.358 e. The Balaban J connectivity index is 0. The van der Waals surface area contributed by atoms with E-state index >= 15 is 0 Å². The summed E-state index contributed by atoms with van der Waals surface area (Å²) in [6.45, 7) is 21.1. The Morgan fingerprint density at radius 2 is 1.00 bits per heavy atom. The average Bonchev–Trinajstić information content (AvgIpc) is 3.17. The van der Waals surface area contributed by atoms with Gasteiger partial charge in [-0.05, 0) is 23.5 Å². The molecule has 0 aliphatic heterocycles. The molecule has 0 amide bonds. The van der Waals surface area contributed by atoms with Crippen LogP contribution in [0.15, 0.2) is 65.4 Å². The van der Waals surface area contributed by atoms with Crippen molar-refractivity contribution in [2.24, 2.45) is 4.74 Å². The second-order valence-electron chi connectivity index (χ2n) is 10.6. The average molecular weight is 617 g/mol. The molecule has 0 N–H and O–H groups in total. The van der Waals surface area contributed by atoms with Crippen LogP contribution in [0.2, 0.25) is 39.3 Å². The van der Waals surface area contributed by atoms with Crippen LogP contribution in [0.4, 0.5) is 0 Å². The van der Waals surface area contributed by atoms with E-state index in [4.69, 9.17) is 4.74 Å². The molecular weight excluding hydrogens is 570 g/mol. The van der Waals surface area contributed by atoms with Gasteiger partial charge < -0.3 is 20.5 Å². The fraction of sp³-hybridized carbons (Fsp3) is 0.444. The van der Waals surface area contributed by atoms with Crippen LogP contribution in [0.25, 0.3) is 0 Å². The summed E-state index contributed by atoms with van der Waals surface area (Å²) in [4.78, 5) is 0. The third kappa shape index (κ3) is 13.4. The molecule has 1 aliphatic rings. The van der Waals surface area contributed by atoms with Crippen molar-refractivity contribution < 1.29 is 40.8 Å². The van der Waals surface area contributed by atoms with Gasteiger partial charge >= 0.3 is 40.8 Å². The zero-order valence-corrected chi connectivity index (χ0v) is 28.1. The summed E-state index contributed by atoms with van der Waals surface area (Å²) < 4.78 is 5.05. The zero-order chi connectivity index (χ0) is 22.8. The maximum absolute atomic E-state index is 5.05. The van der Waals surface area contributed by atoms with Crippen molar-refractivity contribution in [2.75, 3.05) is 7.05 Å². The molecule has 1 saturated carbocycles. The van der Waals surface area contributed by atoms with Crippen LogP contribution in [-0.4, -0.2) is 28.9 Å². The Kier molecular flexibility index (Phi) is 17.5. The molecule has 5 heteroatoms. The van der Waals surface area contributed by atoms with Gasteiger partial charge in [0, 0.05) is 19.8 Å². The largest absolute Gasteiger partial charge is 3.00 e. The van der Waals surface area contributed by atoms with Gasteiger partial charge in [0.05, 0.1) is 0 Å². The van der Waals surface area contributed by atoms with Crippen molar-refractivity contribution in [1.29, 1.82) is 0 Å². The smallest absolute Gasteiger partial charge is 0.358 e. The van der Waals surface area contributed by atoms with Crippen LogP contribution < -0.4 is 10.6 Å². The van der Waals surface area contributed by atoms with Gasteiger partial charge in [-0.2, -0.15) is 0 Å². The first-order chi connectivity index (χ1) is 13.9. The van der Waals surface area contributed by atoms with E-state index in [1.165, 1.54) is 36.3 Å². The first-order valence-corrected chi connectivity index (χ1v) is 20.4. The van der Waals surface area contributed by atoms with E-state index in [0.29, 0.717) is 0 Å². The molecule has 0 unspecified atom stereocenters. The molecule has 2 aromatic rings. The molecule has 1 radical (unpaired) electrons. The van der Waals surface area contributed by atoms with E-state index < -0.39 is 23.2 Å². The third-order valence-electron chi connectivity index (χ3n) is 4.47. The van der Waals surface area contributed by atoms with E-state index in [9.17, 15) is 0 Å². The first-order valence-electron chi connectivity index (χ1n) is 11.2. The first kappa shape index (κ1) is 34.6. The third-order valence-corrected chi connectivity index (χ3v) is 8.84. The quantitative estimate of drug-likeness (QED) is 0.187. The number of rotatable bonds is 3. The van der Waals surface area contributed by atoms with Gasteiger partial charge in [-0.15, -0.1) is 16.1 Å². The number of nitrogens with zero attached hydrogens (tertiary/aromatic N) is 1. The van der Waals surface area contributed by atoms with Crippen molar-refractivity contribution in [1.82, 2.24) is 0 Å². The van der Waals surface area contributed by atoms with Crippen LogP contribution in [0.1, 0.15) is 25.7 Å². The standard InChI is InChI=1S/C18H22NP.2C4H11Si.CH3.Nd/c1-19-20(18-14-8-9-15-18,16-10-4-2-5-11-16)17-12-6-3-7-13-17;2*1-5(2,3)4;;/h2-7,10-13,18H,8-9,14-15H2,1H3;2*1H2,2-4H3;1H3;/q;3*-1;+3. The number of hydrogen-bond acceptors (Lipinski definition) is 1. The molecular formula is C27H47NNdPSi2. The maximum Gasteiger partial charge on any atom is 3.00 e. The Hall–Kier alpha value is 0.454. The molecule has 1 fully saturated rings. The van der Waals surface area contributed by atoms with Crippen LogP contribution in [0.5, 0.6) is 0 Å². The molecule has 1 aliphatic carbocycles. The monoisotopic (exact) mass is 614 g/mol. The molecule has 0 aromatic heterocycles.